The Morgan fingerprint density at radius 3 is 2.48 bits per heavy atom. The predicted octanol–water partition coefficient (Wildman–Crippen LogP) is 0.984. The van der Waals surface area contributed by atoms with E-state index in [4.69, 9.17) is 5.11 Å². The monoisotopic (exact) mass is 324 g/mol. The lowest BCUT2D eigenvalue weighted by Crippen LogP contribution is -2.38. The molecule has 0 bridgehead atoms. The van der Waals surface area contributed by atoms with Crippen LogP contribution in [0.15, 0.2) is 24.3 Å². The molecule has 0 atom stereocenters. The molecule has 0 unspecified atom stereocenters. The first-order valence-corrected chi connectivity index (χ1v) is 7.48. The fourth-order valence-electron chi connectivity index (χ4n) is 1.71. The van der Waals surface area contributed by atoms with Crippen molar-refractivity contribution >= 4 is 15.7 Å². The second-order valence-electron chi connectivity index (χ2n) is 4.11. The molecule has 1 rings (SSSR count). The van der Waals surface area contributed by atoms with Gasteiger partial charge in [0.15, 0.2) is 0 Å². The van der Waals surface area contributed by atoms with Crippen molar-refractivity contribution in [1.82, 2.24) is 4.31 Å². The molecule has 0 heterocycles. The van der Waals surface area contributed by atoms with Gasteiger partial charge in [0.05, 0.1) is 23.8 Å². The number of benzene rings is 1. The minimum absolute atomic E-state index is 0.0975. The Labute approximate surface area is 120 Å². The van der Waals surface area contributed by atoms with Crippen molar-refractivity contribution in [3.05, 3.63) is 39.9 Å². The van der Waals surface area contributed by atoms with E-state index in [1.54, 1.807) is 0 Å². The summed E-state index contributed by atoms with van der Waals surface area (Å²) < 4.78 is 49.3. The third-order valence-electron chi connectivity index (χ3n) is 2.61. The van der Waals surface area contributed by atoms with Crippen molar-refractivity contribution in [3.63, 3.8) is 0 Å². The van der Waals surface area contributed by atoms with E-state index < -0.39 is 52.5 Å². The average molecular weight is 324 g/mol. The molecule has 0 amide bonds. The van der Waals surface area contributed by atoms with Gasteiger partial charge in [-0.25, -0.2) is 17.2 Å². The van der Waals surface area contributed by atoms with Crippen molar-refractivity contribution in [2.45, 2.75) is 12.2 Å². The van der Waals surface area contributed by atoms with Gasteiger partial charge in [0.25, 0.3) is 12.1 Å². The fourth-order valence-corrected chi connectivity index (χ4v) is 3.23. The van der Waals surface area contributed by atoms with Crippen molar-refractivity contribution in [3.8, 4) is 0 Å². The number of rotatable bonds is 8. The second-order valence-corrected chi connectivity index (χ2v) is 6.08. The van der Waals surface area contributed by atoms with Crippen LogP contribution in [-0.4, -0.2) is 48.9 Å². The van der Waals surface area contributed by atoms with Crippen LogP contribution < -0.4 is 0 Å². The van der Waals surface area contributed by atoms with Crippen LogP contribution in [0.5, 0.6) is 0 Å². The van der Waals surface area contributed by atoms with E-state index in [9.17, 15) is 27.3 Å². The van der Waals surface area contributed by atoms with E-state index in [-0.39, 0.29) is 5.56 Å². The highest BCUT2D eigenvalue weighted by Gasteiger charge is 2.27. The molecule has 21 heavy (non-hydrogen) atoms. The van der Waals surface area contributed by atoms with Crippen molar-refractivity contribution in [2.75, 3.05) is 19.7 Å². The van der Waals surface area contributed by atoms with E-state index in [1.807, 2.05) is 0 Å². The highest BCUT2D eigenvalue weighted by atomic mass is 32.2. The maximum absolute atomic E-state index is 12.4. The maximum atomic E-state index is 12.4. The molecule has 0 spiro atoms. The van der Waals surface area contributed by atoms with Gasteiger partial charge in [0.2, 0.25) is 10.0 Å². The Balaban J connectivity index is 3.05. The number of aliphatic hydroxyl groups excluding tert-OH is 1. The van der Waals surface area contributed by atoms with Gasteiger partial charge in [0.1, 0.15) is 0 Å². The van der Waals surface area contributed by atoms with E-state index in [0.717, 1.165) is 6.07 Å². The van der Waals surface area contributed by atoms with Crippen LogP contribution in [0.3, 0.4) is 0 Å². The number of aliphatic hydroxyl groups is 1. The molecule has 118 valence electrons. The summed E-state index contributed by atoms with van der Waals surface area (Å²) in [6.45, 7) is -2.18. The zero-order valence-corrected chi connectivity index (χ0v) is 11.7. The standard InChI is InChI=1S/C11H14F2N2O5S/c12-11(13)7-14(5-6-16)21(19,20)8-9-3-1-2-4-10(9)15(17)18/h1-4,11,16H,5-8H2. The van der Waals surface area contributed by atoms with Crippen molar-refractivity contribution in [1.29, 1.82) is 0 Å². The van der Waals surface area contributed by atoms with Gasteiger partial charge < -0.3 is 5.11 Å². The van der Waals surface area contributed by atoms with Crippen molar-refractivity contribution in [2.24, 2.45) is 0 Å². The number of nitro benzene ring substituents is 1. The lowest BCUT2D eigenvalue weighted by molar-refractivity contribution is -0.385. The summed E-state index contributed by atoms with van der Waals surface area (Å²) in [6, 6.07) is 5.17. The van der Waals surface area contributed by atoms with Crippen LogP contribution in [-0.2, 0) is 15.8 Å². The van der Waals surface area contributed by atoms with Crippen LogP contribution in [0.4, 0.5) is 14.5 Å². The van der Waals surface area contributed by atoms with Gasteiger partial charge in [-0.15, -0.1) is 0 Å². The first kappa shape index (κ1) is 17.4. The topological polar surface area (TPSA) is 101 Å². The summed E-state index contributed by atoms with van der Waals surface area (Å²) in [5, 5.41) is 19.6. The average Bonchev–Trinajstić information content (AvgIpc) is 2.37. The third kappa shape index (κ3) is 4.99. The van der Waals surface area contributed by atoms with Crippen LogP contribution in [0.2, 0.25) is 0 Å². The molecule has 1 N–H and O–H groups in total. The number of para-hydroxylation sites is 1. The molecule has 0 aliphatic heterocycles. The summed E-state index contributed by atoms with van der Waals surface area (Å²) in [7, 11) is -4.20. The normalized spacial score (nSPS) is 12.0. The highest BCUT2D eigenvalue weighted by Crippen LogP contribution is 2.22. The summed E-state index contributed by atoms with van der Waals surface area (Å²) in [5.41, 5.74) is -0.498. The molecule has 0 saturated heterocycles. The van der Waals surface area contributed by atoms with E-state index in [0.29, 0.717) is 4.31 Å². The van der Waals surface area contributed by atoms with Gasteiger partial charge in [-0.2, -0.15) is 4.31 Å². The Hall–Kier alpha value is -1.65. The zero-order chi connectivity index (χ0) is 16.0. The van der Waals surface area contributed by atoms with Crippen LogP contribution in [0.25, 0.3) is 0 Å². The molecule has 1 aromatic rings. The molecule has 7 nitrogen and oxygen atoms in total. The molecular weight excluding hydrogens is 310 g/mol. The Morgan fingerprint density at radius 1 is 1.33 bits per heavy atom. The number of alkyl halides is 2. The minimum Gasteiger partial charge on any atom is -0.395 e. The largest absolute Gasteiger partial charge is 0.395 e. The number of hydrogen-bond donors (Lipinski definition) is 1. The molecule has 0 radical (unpaired) electrons. The molecule has 0 aliphatic rings. The maximum Gasteiger partial charge on any atom is 0.273 e. The van der Waals surface area contributed by atoms with Gasteiger partial charge >= 0.3 is 0 Å². The Kier molecular flexibility index (Phi) is 6.12. The minimum atomic E-state index is -4.20. The molecular formula is C11H14F2N2O5S. The molecule has 10 heteroatoms. The molecule has 1 aromatic carbocycles. The quantitative estimate of drug-likeness (QED) is 0.567. The molecule has 0 saturated carbocycles. The van der Waals surface area contributed by atoms with Crippen molar-refractivity contribution < 1.29 is 27.2 Å². The smallest absolute Gasteiger partial charge is 0.273 e. The van der Waals surface area contributed by atoms with Gasteiger partial charge in [-0.05, 0) is 0 Å². The molecule has 0 aliphatic carbocycles. The number of nitro groups is 1. The highest BCUT2D eigenvalue weighted by molar-refractivity contribution is 7.88. The van der Waals surface area contributed by atoms with Gasteiger partial charge in [0, 0.05) is 18.2 Å². The number of sulfonamides is 1. The summed E-state index contributed by atoms with van der Waals surface area (Å²) in [4.78, 5) is 10.1. The summed E-state index contributed by atoms with van der Waals surface area (Å²) >= 11 is 0. The van der Waals surface area contributed by atoms with E-state index >= 15 is 0 Å². The SMILES string of the molecule is O=[N+]([O-])c1ccccc1CS(=O)(=O)N(CCO)CC(F)F. The number of halogens is 2. The van der Waals surface area contributed by atoms with Gasteiger partial charge in [-0.3, -0.25) is 10.1 Å². The van der Waals surface area contributed by atoms with E-state index in [1.165, 1.54) is 18.2 Å². The van der Waals surface area contributed by atoms with Crippen LogP contribution in [0.1, 0.15) is 5.56 Å². The van der Waals surface area contributed by atoms with Crippen LogP contribution in [0, 0.1) is 10.1 Å². The first-order chi connectivity index (χ1) is 9.77. The second kappa shape index (κ2) is 7.38. The summed E-state index contributed by atoms with van der Waals surface area (Å²) in [5.74, 6) is -0.781. The summed E-state index contributed by atoms with van der Waals surface area (Å²) in [6.07, 6.45) is -2.91. The fraction of sp³-hybridized carbons (Fsp3) is 0.455. The zero-order valence-electron chi connectivity index (χ0n) is 10.9. The third-order valence-corrected chi connectivity index (χ3v) is 4.40. The lowest BCUT2D eigenvalue weighted by Gasteiger charge is -2.20. The van der Waals surface area contributed by atoms with Gasteiger partial charge in [-0.1, -0.05) is 18.2 Å². The predicted molar refractivity (Wildman–Crippen MR) is 70.4 cm³/mol. The number of hydrogen-bond acceptors (Lipinski definition) is 5. The Morgan fingerprint density at radius 2 is 1.95 bits per heavy atom. The Bertz CT molecular complexity index is 594. The lowest BCUT2D eigenvalue weighted by atomic mass is 10.2. The number of nitrogens with zero attached hydrogens (tertiary/aromatic N) is 2. The molecule has 0 aromatic heterocycles. The molecule has 0 fully saturated rings. The van der Waals surface area contributed by atoms with Crippen LogP contribution >= 0.6 is 0 Å². The first-order valence-electron chi connectivity index (χ1n) is 5.87. The van der Waals surface area contributed by atoms with E-state index in [2.05, 4.69) is 0 Å².